The molecule has 14 heavy (non-hydrogen) atoms. The SMILES string of the molecule is C=C.C=Cc1ccc(OC)c(OC)c1. The zero-order valence-electron chi connectivity index (χ0n) is 8.75. The van der Waals surface area contributed by atoms with Crippen molar-refractivity contribution >= 4 is 6.08 Å². The van der Waals surface area contributed by atoms with Crippen LogP contribution in [0.3, 0.4) is 0 Å². The van der Waals surface area contributed by atoms with Crippen LogP contribution in [0.4, 0.5) is 0 Å². The number of benzene rings is 1. The minimum absolute atomic E-state index is 0.731. The van der Waals surface area contributed by atoms with Gasteiger partial charge in [0, 0.05) is 0 Å². The molecule has 0 atom stereocenters. The van der Waals surface area contributed by atoms with Gasteiger partial charge in [-0.2, -0.15) is 0 Å². The summed E-state index contributed by atoms with van der Waals surface area (Å²) in [5.41, 5.74) is 1.02. The fourth-order valence-corrected chi connectivity index (χ4v) is 0.980. The van der Waals surface area contributed by atoms with Crippen molar-refractivity contribution in [3.63, 3.8) is 0 Å². The van der Waals surface area contributed by atoms with Crippen LogP contribution in [0.15, 0.2) is 37.9 Å². The van der Waals surface area contributed by atoms with E-state index in [2.05, 4.69) is 19.7 Å². The first-order valence-electron chi connectivity index (χ1n) is 4.16. The molecule has 0 aliphatic rings. The standard InChI is InChI=1S/C10H12O2.C2H4/c1-4-8-5-6-9(11-2)10(7-8)12-3;1-2/h4-7H,1H2,2-3H3;1-2H2. The van der Waals surface area contributed by atoms with E-state index in [0.29, 0.717) is 0 Å². The molecule has 0 bridgehead atoms. The molecular formula is C12H16O2. The first-order valence-corrected chi connectivity index (χ1v) is 4.16. The molecular weight excluding hydrogens is 176 g/mol. The molecule has 0 saturated heterocycles. The molecule has 0 saturated carbocycles. The number of hydrogen-bond donors (Lipinski definition) is 0. The van der Waals surface area contributed by atoms with Crippen LogP contribution in [-0.4, -0.2) is 14.2 Å². The number of ether oxygens (including phenoxy) is 2. The second-order valence-electron chi connectivity index (χ2n) is 2.32. The van der Waals surface area contributed by atoms with Crippen LogP contribution in [0.25, 0.3) is 6.08 Å². The highest BCUT2D eigenvalue weighted by Gasteiger charge is 2.01. The van der Waals surface area contributed by atoms with Gasteiger partial charge in [-0.05, 0) is 17.7 Å². The second-order valence-corrected chi connectivity index (χ2v) is 2.32. The molecule has 1 aromatic rings. The molecule has 0 amide bonds. The monoisotopic (exact) mass is 192 g/mol. The Kier molecular flexibility index (Phi) is 5.95. The topological polar surface area (TPSA) is 18.5 Å². The smallest absolute Gasteiger partial charge is 0.161 e. The largest absolute Gasteiger partial charge is 0.493 e. The Labute approximate surface area is 85.5 Å². The van der Waals surface area contributed by atoms with E-state index in [0.717, 1.165) is 17.1 Å². The first kappa shape index (κ1) is 12.3. The first-order chi connectivity index (χ1) is 6.81. The van der Waals surface area contributed by atoms with Crippen LogP contribution in [0, 0.1) is 0 Å². The average molecular weight is 192 g/mol. The van der Waals surface area contributed by atoms with Crippen LogP contribution in [0.5, 0.6) is 11.5 Å². The van der Waals surface area contributed by atoms with Crippen LogP contribution in [0.2, 0.25) is 0 Å². The lowest BCUT2D eigenvalue weighted by molar-refractivity contribution is 0.355. The van der Waals surface area contributed by atoms with Crippen molar-refractivity contribution in [1.82, 2.24) is 0 Å². The zero-order valence-corrected chi connectivity index (χ0v) is 8.75. The van der Waals surface area contributed by atoms with Crippen LogP contribution < -0.4 is 9.47 Å². The van der Waals surface area contributed by atoms with E-state index in [9.17, 15) is 0 Å². The Morgan fingerprint density at radius 1 is 1.07 bits per heavy atom. The van der Waals surface area contributed by atoms with Gasteiger partial charge in [-0.1, -0.05) is 18.7 Å². The highest BCUT2D eigenvalue weighted by atomic mass is 16.5. The molecule has 0 spiro atoms. The lowest BCUT2D eigenvalue weighted by atomic mass is 10.2. The van der Waals surface area contributed by atoms with Gasteiger partial charge < -0.3 is 9.47 Å². The molecule has 2 nitrogen and oxygen atoms in total. The molecule has 0 unspecified atom stereocenters. The average Bonchev–Trinajstić information content (AvgIpc) is 2.30. The molecule has 0 heterocycles. The maximum Gasteiger partial charge on any atom is 0.161 e. The molecule has 0 N–H and O–H groups in total. The van der Waals surface area contributed by atoms with E-state index in [-0.39, 0.29) is 0 Å². The van der Waals surface area contributed by atoms with E-state index < -0.39 is 0 Å². The summed E-state index contributed by atoms with van der Waals surface area (Å²) in [5.74, 6) is 1.47. The van der Waals surface area contributed by atoms with Gasteiger partial charge in [-0.3, -0.25) is 0 Å². The zero-order chi connectivity index (χ0) is 11.0. The predicted octanol–water partition coefficient (Wildman–Crippen LogP) is 3.15. The molecule has 0 aromatic heterocycles. The molecule has 0 aliphatic carbocycles. The van der Waals surface area contributed by atoms with Gasteiger partial charge in [0.05, 0.1) is 14.2 Å². The summed E-state index contributed by atoms with van der Waals surface area (Å²) in [6, 6.07) is 5.66. The quantitative estimate of drug-likeness (QED) is 0.685. The van der Waals surface area contributed by atoms with Gasteiger partial charge in [-0.25, -0.2) is 0 Å². The van der Waals surface area contributed by atoms with Gasteiger partial charge in [0.1, 0.15) is 0 Å². The Morgan fingerprint density at radius 3 is 2.07 bits per heavy atom. The van der Waals surface area contributed by atoms with Crippen LogP contribution in [0.1, 0.15) is 5.56 Å². The number of hydrogen-bond acceptors (Lipinski definition) is 2. The Hall–Kier alpha value is -1.70. The van der Waals surface area contributed by atoms with E-state index in [1.807, 2.05) is 18.2 Å². The summed E-state index contributed by atoms with van der Waals surface area (Å²) in [5, 5.41) is 0. The predicted molar refractivity (Wildman–Crippen MR) is 60.9 cm³/mol. The van der Waals surface area contributed by atoms with Crippen molar-refractivity contribution < 1.29 is 9.47 Å². The molecule has 0 fully saturated rings. The molecule has 1 rings (SSSR count). The summed E-state index contributed by atoms with van der Waals surface area (Å²) >= 11 is 0. The second kappa shape index (κ2) is 6.78. The minimum atomic E-state index is 0.731. The van der Waals surface area contributed by atoms with Crippen molar-refractivity contribution in [3.8, 4) is 11.5 Å². The number of methoxy groups -OCH3 is 2. The fraction of sp³-hybridized carbons (Fsp3) is 0.167. The lowest BCUT2D eigenvalue weighted by Gasteiger charge is -2.07. The van der Waals surface area contributed by atoms with Crippen molar-refractivity contribution in [3.05, 3.63) is 43.5 Å². The van der Waals surface area contributed by atoms with Gasteiger partial charge >= 0.3 is 0 Å². The van der Waals surface area contributed by atoms with Crippen LogP contribution in [-0.2, 0) is 0 Å². The summed E-state index contributed by atoms with van der Waals surface area (Å²) in [7, 11) is 3.23. The van der Waals surface area contributed by atoms with Gasteiger partial charge in [0.25, 0.3) is 0 Å². The maximum atomic E-state index is 5.11. The maximum absolute atomic E-state index is 5.11. The van der Waals surface area contributed by atoms with E-state index >= 15 is 0 Å². The Balaban J connectivity index is 0.000000791. The molecule has 76 valence electrons. The summed E-state index contributed by atoms with van der Waals surface area (Å²) in [6.07, 6.45) is 1.77. The minimum Gasteiger partial charge on any atom is -0.493 e. The third-order valence-electron chi connectivity index (χ3n) is 1.64. The Bertz CT molecular complexity index is 292. The van der Waals surface area contributed by atoms with E-state index in [1.165, 1.54) is 0 Å². The van der Waals surface area contributed by atoms with Gasteiger partial charge in [-0.15, -0.1) is 13.2 Å². The van der Waals surface area contributed by atoms with Crippen molar-refractivity contribution in [2.75, 3.05) is 14.2 Å². The summed E-state index contributed by atoms with van der Waals surface area (Å²) in [6.45, 7) is 9.67. The number of rotatable bonds is 3. The Morgan fingerprint density at radius 2 is 1.64 bits per heavy atom. The highest BCUT2D eigenvalue weighted by Crippen LogP contribution is 2.27. The van der Waals surface area contributed by atoms with E-state index in [1.54, 1.807) is 20.3 Å². The van der Waals surface area contributed by atoms with Crippen LogP contribution >= 0.6 is 0 Å². The third-order valence-corrected chi connectivity index (χ3v) is 1.64. The molecule has 1 aromatic carbocycles. The molecule has 0 radical (unpaired) electrons. The summed E-state index contributed by atoms with van der Waals surface area (Å²) in [4.78, 5) is 0. The summed E-state index contributed by atoms with van der Waals surface area (Å²) < 4.78 is 10.2. The highest BCUT2D eigenvalue weighted by molar-refractivity contribution is 5.54. The molecule has 2 heteroatoms. The fourth-order valence-electron chi connectivity index (χ4n) is 0.980. The third kappa shape index (κ3) is 2.98. The van der Waals surface area contributed by atoms with Crippen molar-refractivity contribution in [1.29, 1.82) is 0 Å². The van der Waals surface area contributed by atoms with Crippen molar-refractivity contribution in [2.45, 2.75) is 0 Å². The van der Waals surface area contributed by atoms with Crippen molar-refractivity contribution in [2.24, 2.45) is 0 Å². The van der Waals surface area contributed by atoms with Gasteiger partial charge in [0.2, 0.25) is 0 Å². The molecule has 0 aliphatic heterocycles. The lowest BCUT2D eigenvalue weighted by Crippen LogP contribution is -1.90. The van der Waals surface area contributed by atoms with Gasteiger partial charge in [0.15, 0.2) is 11.5 Å². The van der Waals surface area contributed by atoms with E-state index in [4.69, 9.17) is 9.47 Å². The normalized spacial score (nSPS) is 8.14.